The summed E-state index contributed by atoms with van der Waals surface area (Å²) in [6, 6.07) is 0.146. The number of amides is 2. The molecule has 198 valence electrons. The van der Waals surface area contributed by atoms with Crippen molar-refractivity contribution >= 4 is 12.0 Å². The molecular formula is C26H43N3O6. The Morgan fingerprint density at radius 3 is 2.51 bits per heavy atom. The predicted octanol–water partition coefficient (Wildman–Crippen LogP) is 2.05. The maximum Gasteiger partial charge on any atom is 0.410 e. The number of carbonyl (C=O) groups is 2. The standard InChI is InChI=1S/C26H43N3O6/c1-24(2,3)35-23(31)29-15-18-12-19(29)14-28(18)22(30)25(26(32)8-5-9-26)10-6-17(13-25)27-20-7-11-34-16-21(20)33-4/h17-21,27,32H,5-16H2,1-4H3/t17-,18+,19+,20+,21-,25-/m1/s1/i4D. The lowest BCUT2D eigenvalue weighted by molar-refractivity contribution is -0.179. The number of aliphatic hydroxyl groups is 1. The van der Waals surface area contributed by atoms with E-state index in [0.29, 0.717) is 52.0 Å². The average Bonchev–Trinajstić information content (AvgIpc) is 3.52. The summed E-state index contributed by atoms with van der Waals surface area (Å²) in [5, 5.41) is 15.4. The van der Waals surface area contributed by atoms with Crippen molar-refractivity contribution in [3.05, 3.63) is 0 Å². The second-order valence-electron chi connectivity index (χ2n) is 12.4. The second-order valence-corrected chi connectivity index (χ2v) is 12.4. The van der Waals surface area contributed by atoms with E-state index in [-0.39, 0.29) is 49.4 Å². The zero-order valence-corrected chi connectivity index (χ0v) is 21.5. The average molecular weight is 495 g/mol. The fourth-order valence-corrected chi connectivity index (χ4v) is 7.10. The molecule has 9 heteroatoms. The first-order chi connectivity index (χ1) is 17.1. The molecule has 3 aliphatic heterocycles. The third-order valence-electron chi connectivity index (χ3n) is 9.09. The molecule has 2 aliphatic carbocycles. The molecule has 0 aromatic rings. The fourth-order valence-electron chi connectivity index (χ4n) is 7.10. The maximum absolute atomic E-state index is 14.2. The van der Waals surface area contributed by atoms with E-state index in [4.69, 9.17) is 15.6 Å². The molecule has 35 heavy (non-hydrogen) atoms. The Morgan fingerprint density at radius 2 is 1.89 bits per heavy atom. The highest BCUT2D eigenvalue weighted by atomic mass is 16.6. The first-order valence-electron chi connectivity index (χ1n) is 14.0. The van der Waals surface area contributed by atoms with Crippen LogP contribution in [0.25, 0.3) is 0 Å². The molecule has 0 aromatic heterocycles. The number of rotatable bonds is 5. The van der Waals surface area contributed by atoms with Crippen molar-refractivity contribution in [1.82, 2.24) is 15.1 Å². The van der Waals surface area contributed by atoms with Crippen LogP contribution >= 0.6 is 0 Å². The van der Waals surface area contributed by atoms with Gasteiger partial charge in [-0.3, -0.25) is 4.79 Å². The van der Waals surface area contributed by atoms with Crippen LogP contribution in [0.1, 0.15) is 73.5 Å². The molecular weight excluding hydrogens is 450 g/mol. The third-order valence-corrected chi connectivity index (χ3v) is 9.09. The van der Waals surface area contributed by atoms with E-state index < -0.39 is 16.6 Å². The van der Waals surface area contributed by atoms with Crippen LogP contribution in [0, 0.1) is 5.41 Å². The Balaban J connectivity index is 1.27. The number of fused-ring (bicyclic) bond motifs is 2. The van der Waals surface area contributed by atoms with Gasteiger partial charge >= 0.3 is 6.09 Å². The lowest BCUT2D eigenvalue weighted by atomic mass is 9.59. The van der Waals surface area contributed by atoms with Gasteiger partial charge in [-0.15, -0.1) is 0 Å². The summed E-state index contributed by atoms with van der Waals surface area (Å²) in [5.74, 6) is 0.0660. The van der Waals surface area contributed by atoms with Gasteiger partial charge in [0, 0.05) is 38.9 Å². The highest BCUT2D eigenvalue weighted by Gasteiger charge is 2.64. The first kappa shape index (κ1) is 23.9. The molecule has 0 unspecified atom stereocenters. The van der Waals surface area contributed by atoms with Gasteiger partial charge < -0.3 is 34.4 Å². The predicted molar refractivity (Wildman–Crippen MR) is 129 cm³/mol. The number of hydrogen-bond donors (Lipinski definition) is 2. The van der Waals surface area contributed by atoms with Crippen molar-refractivity contribution in [2.75, 3.05) is 33.4 Å². The van der Waals surface area contributed by atoms with Gasteiger partial charge in [0.25, 0.3) is 0 Å². The van der Waals surface area contributed by atoms with Gasteiger partial charge in [-0.25, -0.2) is 4.79 Å². The maximum atomic E-state index is 14.2. The first-order valence-corrected chi connectivity index (χ1v) is 13.3. The molecule has 3 saturated heterocycles. The molecule has 2 N–H and O–H groups in total. The van der Waals surface area contributed by atoms with Crippen molar-refractivity contribution in [1.29, 1.82) is 0 Å². The summed E-state index contributed by atoms with van der Waals surface area (Å²) >= 11 is 0. The van der Waals surface area contributed by atoms with E-state index >= 15 is 0 Å². The van der Waals surface area contributed by atoms with Crippen LogP contribution in [-0.4, -0.2) is 102 Å². The molecule has 2 saturated carbocycles. The van der Waals surface area contributed by atoms with E-state index in [1.54, 1.807) is 4.90 Å². The number of nitrogens with zero attached hydrogens (tertiary/aromatic N) is 2. The molecule has 6 atom stereocenters. The number of ether oxygens (including phenoxy) is 3. The van der Waals surface area contributed by atoms with E-state index in [2.05, 4.69) is 5.32 Å². The SMILES string of the molecule is [2H]CO[C@@H]1COCC[C@@H]1N[C@@H]1CC[C@@](C(=O)N2C[C@@H]3C[C@H]2CN3C(=O)OC(C)(C)C)(C2(O)CCC2)C1. The monoisotopic (exact) mass is 494 g/mol. The van der Waals surface area contributed by atoms with Crippen molar-refractivity contribution in [3.8, 4) is 0 Å². The molecule has 5 fully saturated rings. The molecule has 2 bridgehead atoms. The van der Waals surface area contributed by atoms with Crippen molar-refractivity contribution < 1.29 is 30.3 Å². The largest absolute Gasteiger partial charge is 0.444 e. The number of hydrogen-bond acceptors (Lipinski definition) is 7. The van der Waals surface area contributed by atoms with E-state index in [9.17, 15) is 14.7 Å². The normalized spacial score (nSPS) is 38.9. The zero-order chi connectivity index (χ0) is 25.7. The van der Waals surface area contributed by atoms with Crippen LogP contribution < -0.4 is 5.32 Å². The summed E-state index contributed by atoms with van der Waals surface area (Å²) in [5.41, 5.74) is -2.30. The van der Waals surface area contributed by atoms with E-state index in [1.807, 2.05) is 25.7 Å². The fraction of sp³-hybridized carbons (Fsp3) is 0.923. The Morgan fingerprint density at radius 1 is 1.14 bits per heavy atom. The van der Waals surface area contributed by atoms with Crippen LogP contribution in [0.15, 0.2) is 0 Å². The Kier molecular flexibility index (Phi) is 6.26. The van der Waals surface area contributed by atoms with Crippen molar-refractivity contribution in [3.63, 3.8) is 0 Å². The summed E-state index contributed by atoms with van der Waals surface area (Å²) in [7, 11) is -0.100. The van der Waals surface area contributed by atoms with E-state index in [1.165, 1.54) is 0 Å². The summed E-state index contributed by atoms with van der Waals surface area (Å²) in [6.07, 6.45) is 5.49. The molecule has 3 heterocycles. The van der Waals surface area contributed by atoms with Crippen molar-refractivity contribution in [2.45, 2.75) is 114 Å². The van der Waals surface area contributed by atoms with Gasteiger partial charge in [-0.2, -0.15) is 0 Å². The quantitative estimate of drug-likeness (QED) is 0.603. The lowest BCUT2D eigenvalue weighted by Gasteiger charge is -2.52. The van der Waals surface area contributed by atoms with Gasteiger partial charge in [0.15, 0.2) is 0 Å². The Hall–Kier alpha value is -1.42. The number of likely N-dealkylation sites (tertiary alicyclic amines) is 2. The smallest absolute Gasteiger partial charge is 0.410 e. The van der Waals surface area contributed by atoms with Crippen LogP contribution in [0.2, 0.25) is 0 Å². The van der Waals surface area contributed by atoms with Gasteiger partial charge in [0.1, 0.15) is 5.60 Å². The second kappa shape index (κ2) is 9.15. The summed E-state index contributed by atoms with van der Waals surface area (Å²) in [4.78, 5) is 30.7. The third kappa shape index (κ3) is 4.47. The lowest BCUT2D eigenvalue weighted by Crippen LogP contribution is -2.63. The Bertz CT molecular complexity index is 846. The summed E-state index contributed by atoms with van der Waals surface area (Å²) < 4.78 is 24.2. The molecule has 0 radical (unpaired) electrons. The minimum Gasteiger partial charge on any atom is -0.444 e. The number of carbonyl (C=O) groups excluding carboxylic acids is 2. The molecule has 0 spiro atoms. The van der Waals surface area contributed by atoms with Gasteiger partial charge in [-0.1, -0.05) is 0 Å². The summed E-state index contributed by atoms with van der Waals surface area (Å²) in [6.45, 7) is 7.73. The molecule has 2 amide bonds. The molecule has 5 rings (SSSR count). The van der Waals surface area contributed by atoms with Crippen molar-refractivity contribution in [2.24, 2.45) is 5.41 Å². The minimum atomic E-state index is -0.958. The minimum absolute atomic E-state index is 0.0205. The highest BCUT2D eigenvalue weighted by Crippen LogP contribution is 2.57. The number of methoxy groups -OCH3 is 1. The topological polar surface area (TPSA) is 101 Å². The van der Waals surface area contributed by atoms with Crippen LogP contribution in [-0.2, 0) is 19.0 Å². The number of nitrogens with one attached hydrogen (secondary N) is 1. The zero-order valence-electron chi connectivity index (χ0n) is 22.5. The van der Waals surface area contributed by atoms with Gasteiger partial charge in [-0.05, 0) is 72.1 Å². The number of piperazine rings is 1. The van der Waals surface area contributed by atoms with E-state index in [0.717, 1.165) is 25.7 Å². The Labute approximate surface area is 210 Å². The van der Waals surface area contributed by atoms with Gasteiger partial charge in [0.05, 0.1) is 37.2 Å². The van der Waals surface area contributed by atoms with Gasteiger partial charge in [0.2, 0.25) is 5.91 Å². The van der Waals surface area contributed by atoms with Crippen LogP contribution in [0.5, 0.6) is 0 Å². The van der Waals surface area contributed by atoms with Crippen LogP contribution in [0.3, 0.4) is 0 Å². The molecule has 0 aromatic carbocycles. The molecule has 5 aliphatic rings. The molecule has 9 nitrogen and oxygen atoms in total. The van der Waals surface area contributed by atoms with Crippen LogP contribution in [0.4, 0.5) is 4.79 Å². The highest BCUT2D eigenvalue weighted by molar-refractivity contribution is 5.86.